The molecule has 0 unspecified atom stereocenters. The minimum absolute atomic E-state index is 0.0278. The van der Waals surface area contributed by atoms with Crippen molar-refractivity contribution in [1.29, 1.82) is 0 Å². The van der Waals surface area contributed by atoms with Crippen molar-refractivity contribution in [3.63, 3.8) is 0 Å². The van der Waals surface area contributed by atoms with Crippen molar-refractivity contribution in [2.24, 2.45) is 5.41 Å². The molecule has 2 N–H and O–H groups in total. The van der Waals surface area contributed by atoms with E-state index in [1.54, 1.807) is 12.1 Å². The molecule has 0 spiro atoms. The van der Waals surface area contributed by atoms with Crippen LogP contribution in [0.15, 0.2) is 23.1 Å². The molecule has 0 saturated carbocycles. The second-order valence-corrected chi connectivity index (χ2v) is 7.54. The van der Waals surface area contributed by atoms with Crippen molar-refractivity contribution in [2.75, 3.05) is 13.2 Å². The Morgan fingerprint density at radius 3 is 2.53 bits per heavy atom. The summed E-state index contributed by atoms with van der Waals surface area (Å²) in [6.45, 7) is 5.91. The lowest BCUT2D eigenvalue weighted by Gasteiger charge is -2.23. The van der Waals surface area contributed by atoms with Gasteiger partial charge in [-0.3, -0.25) is 0 Å². The number of rotatable bonds is 6. The Morgan fingerprint density at radius 1 is 1.37 bits per heavy atom. The predicted octanol–water partition coefficient (Wildman–Crippen LogP) is 2.34. The zero-order chi connectivity index (χ0) is 14.7. The maximum atomic E-state index is 12.2. The molecule has 0 bridgehead atoms. The van der Waals surface area contributed by atoms with Crippen LogP contribution in [0.5, 0.6) is 0 Å². The third-order valence-electron chi connectivity index (χ3n) is 2.91. The van der Waals surface area contributed by atoms with Crippen LogP contribution in [-0.4, -0.2) is 26.7 Å². The highest BCUT2D eigenvalue weighted by molar-refractivity contribution is 7.89. The molecule has 0 aliphatic rings. The molecule has 0 saturated heterocycles. The fraction of sp³-hybridized carbons (Fsp3) is 0.538. The van der Waals surface area contributed by atoms with E-state index in [1.165, 1.54) is 6.07 Å². The van der Waals surface area contributed by atoms with Gasteiger partial charge in [-0.2, -0.15) is 0 Å². The fourth-order valence-electron chi connectivity index (χ4n) is 1.58. The van der Waals surface area contributed by atoms with Crippen molar-refractivity contribution in [3.8, 4) is 0 Å². The molecule has 0 aliphatic heterocycles. The second-order valence-electron chi connectivity index (χ2n) is 5.40. The van der Waals surface area contributed by atoms with Gasteiger partial charge in [-0.25, -0.2) is 13.1 Å². The van der Waals surface area contributed by atoms with Crippen molar-refractivity contribution >= 4 is 21.6 Å². The van der Waals surface area contributed by atoms with Crippen LogP contribution >= 0.6 is 11.6 Å². The summed E-state index contributed by atoms with van der Waals surface area (Å²) in [5, 5.41) is 9.14. The first-order chi connectivity index (χ1) is 8.68. The average Bonchev–Trinajstić information content (AvgIpc) is 2.26. The number of aliphatic hydroxyl groups is 1. The Kier molecular flexibility index (Phi) is 5.38. The van der Waals surface area contributed by atoms with Gasteiger partial charge in [0.05, 0.1) is 5.02 Å². The third kappa shape index (κ3) is 4.76. The maximum absolute atomic E-state index is 12.2. The van der Waals surface area contributed by atoms with Crippen LogP contribution in [0.1, 0.15) is 25.8 Å². The average molecular weight is 306 g/mol. The van der Waals surface area contributed by atoms with Gasteiger partial charge in [-0.1, -0.05) is 31.5 Å². The number of hydrogen-bond acceptors (Lipinski definition) is 3. The van der Waals surface area contributed by atoms with Crippen LogP contribution in [-0.2, 0) is 10.0 Å². The zero-order valence-electron chi connectivity index (χ0n) is 11.4. The van der Waals surface area contributed by atoms with Crippen molar-refractivity contribution < 1.29 is 13.5 Å². The number of hydrogen-bond donors (Lipinski definition) is 2. The van der Waals surface area contributed by atoms with Gasteiger partial charge in [0, 0.05) is 13.2 Å². The molecule has 19 heavy (non-hydrogen) atoms. The van der Waals surface area contributed by atoms with Crippen molar-refractivity contribution in [1.82, 2.24) is 4.72 Å². The highest BCUT2D eigenvalue weighted by Gasteiger charge is 2.23. The monoisotopic (exact) mass is 305 g/mol. The molecule has 0 heterocycles. The summed E-state index contributed by atoms with van der Waals surface area (Å²) in [6, 6.07) is 4.83. The Morgan fingerprint density at radius 2 is 2.00 bits per heavy atom. The first kappa shape index (κ1) is 16.4. The molecule has 6 heteroatoms. The molecule has 0 radical (unpaired) electrons. The number of aliphatic hydroxyl groups excluding tert-OH is 1. The van der Waals surface area contributed by atoms with E-state index in [4.69, 9.17) is 16.7 Å². The normalized spacial score (nSPS) is 12.7. The molecule has 4 nitrogen and oxygen atoms in total. The van der Waals surface area contributed by atoms with Gasteiger partial charge < -0.3 is 5.11 Å². The number of sulfonamides is 1. The van der Waals surface area contributed by atoms with Crippen LogP contribution < -0.4 is 4.72 Å². The van der Waals surface area contributed by atoms with E-state index in [9.17, 15) is 8.42 Å². The summed E-state index contributed by atoms with van der Waals surface area (Å²) < 4.78 is 26.9. The largest absolute Gasteiger partial charge is 0.396 e. The van der Waals surface area contributed by atoms with E-state index in [0.717, 1.165) is 5.56 Å². The number of aryl methyl sites for hydroxylation is 1. The Bertz CT molecular complexity index is 541. The van der Waals surface area contributed by atoms with Gasteiger partial charge in [0.15, 0.2) is 0 Å². The van der Waals surface area contributed by atoms with E-state index < -0.39 is 10.0 Å². The minimum atomic E-state index is -3.62. The Balaban J connectivity index is 2.87. The molecular weight excluding hydrogens is 286 g/mol. The van der Waals surface area contributed by atoms with E-state index in [0.29, 0.717) is 6.42 Å². The van der Waals surface area contributed by atoms with E-state index in [2.05, 4.69) is 4.72 Å². The van der Waals surface area contributed by atoms with Crippen LogP contribution in [0.2, 0.25) is 5.02 Å². The smallest absolute Gasteiger partial charge is 0.242 e. The van der Waals surface area contributed by atoms with Crippen LogP contribution in [0.3, 0.4) is 0 Å². The van der Waals surface area contributed by atoms with Crippen LogP contribution in [0.25, 0.3) is 0 Å². The molecule has 0 aromatic heterocycles. The summed E-state index contributed by atoms with van der Waals surface area (Å²) in [5.74, 6) is 0. The summed E-state index contributed by atoms with van der Waals surface area (Å²) in [5.41, 5.74) is 0.600. The molecule has 0 amide bonds. The minimum Gasteiger partial charge on any atom is -0.396 e. The fourth-order valence-corrected chi connectivity index (χ4v) is 3.42. The molecule has 108 valence electrons. The number of halogens is 1. The third-order valence-corrected chi connectivity index (χ3v) is 4.79. The Labute approximate surface area is 119 Å². The van der Waals surface area contributed by atoms with Gasteiger partial charge in [-0.15, -0.1) is 0 Å². The Hall–Kier alpha value is -0.620. The lowest BCUT2D eigenvalue weighted by atomic mass is 9.90. The topological polar surface area (TPSA) is 66.4 Å². The van der Waals surface area contributed by atoms with Gasteiger partial charge >= 0.3 is 0 Å². The molecule has 0 fully saturated rings. The van der Waals surface area contributed by atoms with Gasteiger partial charge in [0.1, 0.15) is 4.90 Å². The SMILES string of the molecule is Cc1ccc(S(=O)(=O)NCC(C)(C)CCO)c(Cl)c1. The zero-order valence-corrected chi connectivity index (χ0v) is 13.0. The lowest BCUT2D eigenvalue weighted by molar-refractivity contribution is 0.213. The van der Waals surface area contributed by atoms with Crippen molar-refractivity contribution in [2.45, 2.75) is 32.1 Å². The standard InChI is InChI=1S/C13H20ClNO3S/c1-10-4-5-12(11(14)8-10)19(17,18)15-9-13(2,3)6-7-16/h4-5,8,15-16H,6-7,9H2,1-3H3. The summed E-state index contributed by atoms with van der Waals surface area (Å²) in [6.07, 6.45) is 0.525. The summed E-state index contributed by atoms with van der Waals surface area (Å²) in [4.78, 5) is 0.0829. The van der Waals surface area contributed by atoms with Gasteiger partial charge in [-0.05, 0) is 36.5 Å². The van der Waals surface area contributed by atoms with Crippen molar-refractivity contribution in [3.05, 3.63) is 28.8 Å². The molecular formula is C13H20ClNO3S. The highest BCUT2D eigenvalue weighted by Crippen LogP contribution is 2.24. The molecule has 1 aromatic carbocycles. The van der Waals surface area contributed by atoms with Crippen LogP contribution in [0.4, 0.5) is 0 Å². The highest BCUT2D eigenvalue weighted by atomic mass is 35.5. The van der Waals surface area contributed by atoms with E-state index in [-0.39, 0.29) is 28.5 Å². The van der Waals surface area contributed by atoms with Gasteiger partial charge in [0.2, 0.25) is 10.0 Å². The van der Waals surface area contributed by atoms with Crippen LogP contribution in [0, 0.1) is 12.3 Å². The first-order valence-corrected chi connectivity index (χ1v) is 7.91. The molecule has 0 aliphatic carbocycles. The maximum Gasteiger partial charge on any atom is 0.242 e. The predicted molar refractivity (Wildman–Crippen MR) is 76.9 cm³/mol. The summed E-state index contributed by atoms with van der Waals surface area (Å²) >= 11 is 5.97. The summed E-state index contributed by atoms with van der Waals surface area (Å²) in [7, 11) is -3.62. The molecule has 1 rings (SSSR count). The first-order valence-electron chi connectivity index (χ1n) is 6.05. The quantitative estimate of drug-likeness (QED) is 0.847. The molecule has 1 aromatic rings. The second kappa shape index (κ2) is 6.22. The number of benzene rings is 1. The van der Waals surface area contributed by atoms with E-state index >= 15 is 0 Å². The van der Waals surface area contributed by atoms with E-state index in [1.807, 2.05) is 20.8 Å². The number of nitrogens with one attached hydrogen (secondary N) is 1. The van der Waals surface area contributed by atoms with Gasteiger partial charge in [0.25, 0.3) is 0 Å². The lowest BCUT2D eigenvalue weighted by Crippen LogP contribution is -2.34. The molecule has 0 atom stereocenters.